The van der Waals surface area contributed by atoms with E-state index in [1.54, 1.807) is 12.1 Å². The summed E-state index contributed by atoms with van der Waals surface area (Å²) in [6.45, 7) is 5.38. The highest BCUT2D eigenvalue weighted by Gasteiger charge is 2.13. The Morgan fingerprint density at radius 3 is 2.50 bits per heavy atom. The molecule has 0 unspecified atom stereocenters. The standard InChI is InChI=1S/C13H13F2N2S/c1-3-17(4-2)11-6-5-9(7-10(11)14)12-13(15)18-8-16-12/h5-7H,3-4H2,1-2H3. The lowest BCUT2D eigenvalue weighted by molar-refractivity contribution is 0.620. The summed E-state index contributed by atoms with van der Waals surface area (Å²) in [6, 6.07) is 4.67. The molecule has 0 fully saturated rings. The summed E-state index contributed by atoms with van der Waals surface area (Å²) in [5, 5.41) is -0.440. The summed E-state index contributed by atoms with van der Waals surface area (Å²) in [6.07, 6.45) is 0. The van der Waals surface area contributed by atoms with E-state index in [9.17, 15) is 8.78 Å². The van der Waals surface area contributed by atoms with E-state index < -0.39 is 5.13 Å². The second-order valence-electron chi connectivity index (χ2n) is 3.77. The van der Waals surface area contributed by atoms with Gasteiger partial charge in [-0.1, -0.05) is 17.4 Å². The monoisotopic (exact) mass is 267 g/mol. The molecule has 0 amide bonds. The number of rotatable bonds is 4. The minimum Gasteiger partial charge on any atom is -0.370 e. The number of halogens is 2. The van der Waals surface area contributed by atoms with Crippen molar-refractivity contribution in [1.82, 2.24) is 4.98 Å². The molecule has 95 valence electrons. The summed E-state index contributed by atoms with van der Waals surface area (Å²) < 4.78 is 27.3. The Kier molecular flexibility index (Phi) is 3.91. The fraction of sp³-hybridized carbons (Fsp3) is 0.308. The number of nitrogens with zero attached hydrogens (tertiary/aromatic N) is 2. The molecule has 1 radical (unpaired) electrons. The van der Waals surface area contributed by atoms with Crippen molar-refractivity contribution in [2.45, 2.75) is 13.8 Å². The molecule has 2 rings (SSSR count). The SMILES string of the molecule is CCN(CC)c1ccc(-c2n[c]sc2F)cc1F. The van der Waals surface area contributed by atoms with Crippen molar-refractivity contribution < 1.29 is 8.78 Å². The maximum absolute atomic E-state index is 14.0. The Bertz CT molecular complexity index is 536. The van der Waals surface area contributed by atoms with Gasteiger partial charge in [0.25, 0.3) is 0 Å². The van der Waals surface area contributed by atoms with Crippen LogP contribution in [0.25, 0.3) is 11.3 Å². The summed E-state index contributed by atoms with van der Waals surface area (Å²) in [5.41, 5.74) is 3.59. The van der Waals surface area contributed by atoms with E-state index >= 15 is 0 Å². The van der Waals surface area contributed by atoms with Crippen LogP contribution in [0.4, 0.5) is 14.5 Å². The number of hydrogen-bond acceptors (Lipinski definition) is 3. The highest BCUT2D eigenvalue weighted by Crippen LogP contribution is 2.28. The van der Waals surface area contributed by atoms with Gasteiger partial charge in [-0.2, -0.15) is 4.39 Å². The van der Waals surface area contributed by atoms with E-state index in [-0.39, 0.29) is 11.5 Å². The molecule has 0 atom stereocenters. The molecule has 5 heteroatoms. The highest BCUT2D eigenvalue weighted by molar-refractivity contribution is 7.07. The van der Waals surface area contributed by atoms with Crippen molar-refractivity contribution in [2.24, 2.45) is 0 Å². The largest absolute Gasteiger partial charge is 0.370 e. The summed E-state index contributed by atoms with van der Waals surface area (Å²) >= 11 is 0.789. The van der Waals surface area contributed by atoms with Crippen LogP contribution in [0.1, 0.15) is 13.8 Å². The average Bonchev–Trinajstić information content (AvgIpc) is 2.79. The predicted molar refractivity (Wildman–Crippen MR) is 69.9 cm³/mol. The molecule has 0 spiro atoms. The fourth-order valence-corrected chi connectivity index (χ4v) is 2.33. The van der Waals surface area contributed by atoms with Crippen molar-refractivity contribution in [3.8, 4) is 11.3 Å². The van der Waals surface area contributed by atoms with Crippen LogP contribution in [0.15, 0.2) is 18.2 Å². The van der Waals surface area contributed by atoms with E-state index in [1.165, 1.54) is 6.07 Å². The fourth-order valence-electron chi connectivity index (χ4n) is 1.85. The lowest BCUT2D eigenvalue weighted by atomic mass is 10.1. The topological polar surface area (TPSA) is 16.1 Å². The minimum atomic E-state index is -0.440. The molecule has 0 saturated carbocycles. The van der Waals surface area contributed by atoms with Gasteiger partial charge in [0.1, 0.15) is 11.5 Å². The Labute approximate surface area is 109 Å². The van der Waals surface area contributed by atoms with Gasteiger partial charge in [0.2, 0.25) is 5.13 Å². The molecular weight excluding hydrogens is 254 g/mol. The van der Waals surface area contributed by atoms with Crippen molar-refractivity contribution in [2.75, 3.05) is 18.0 Å². The lowest BCUT2D eigenvalue weighted by Gasteiger charge is -2.21. The lowest BCUT2D eigenvalue weighted by Crippen LogP contribution is -2.22. The molecule has 0 aliphatic heterocycles. The first-order valence-corrected chi connectivity index (χ1v) is 6.56. The molecule has 1 aromatic heterocycles. The number of benzene rings is 1. The number of hydrogen-bond donors (Lipinski definition) is 0. The first-order valence-electron chi connectivity index (χ1n) is 5.74. The summed E-state index contributed by atoms with van der Waals surface area (Å²) in [5.74, 6) is -0.358. The van der Waals surface area contributed by atoms with Crippen LogP contribution in [-0.4, -0.2) is 18.1 Å². The van der Waals surface area contributed by atoms with E-state index in [2.05, 4.69) is 10.5 Å². The van der Waals surface area contributed by atoms with Gasteiger partial charge in [0.15, 0.2) is 5.51 Å². The molecule has 1 heterocycles. The molecule has 0 aliphatic rings. The molecular formula is C13H13F2N2S. The van der Waals surface area contributed by atoms with E-state index in [0.29, 0.717) is 11.3 Å². The first-order chi connectivity index (χ1) is 8.67. The maximum atomic E-state index is 14.0. The number of aromatic nitrogens is 1. The van der Waals surface area contributed by atoms with E-state index in [1.807, 2.05) is 18.7 Å². The van der Waals surface area contributed by atoms with Gasteiger partial charge >= 0.3 is 0 Å². The molecule has 0 aliphatic carbocycles. The molecule has 0 saturated heterocycles. The van der Waals surface area contributed by atoms with Gasteiger partial charge in [0, 0.05) is 18.7 Å². The average molecular weight is 267 g/mol. The van der Waals surface area contributed by atoms with Crippen molar-refractivity contribution in [3.05, 3.63) is 34.7 Å². The van der Waals surface area contributed by atoms with Crippen LogP contribution in [0.2, 0.25) is 0 Å². The van der Waals surface area contributed by atoms with Crippen LogP contribution in [0.3, 0.4) is 0 Å². The van der Waals surface area contributed by atoms with Gasteiger partial charge in [-0.15, -0.1) is 0 Å². The predicted octanol–water partition coefficient (Wildman–Crippen LogP) is 3.73. The third-order valence-corrected chi connectivity index (χ3v) is 3.36. The first kappa shape index (κ1) is 13.0. The van der Waals surface area contributed by atoms with E-state index in [4.69, 9.17) is 0 Å². The zero-order valence-electron chi connectivity index (χ0n) is 10.2. The molecule has 0 bridgehead atoms. The Morgan fingerprint density at radius 2 is 2.00 bits per heavy atom. The van der Waals surface area contributed by atoms with Crippen molar-refractivity contribution in [3.63, 3.8) is 0 Å². The third kappa shape index (κ3) is 2.36. The molecule has 1 aromatic carbocycles. The second-order valence-corrected chi connectivity index (χ2v) is 4.51. The van der Waals surface area contributed by atoms with Crippen LogP contribution in [-0.2, 0) is 0 Å². The summed E-state index contributed by atoms with van der Waals surface area (Å²) in [4.78, 5) is 5.69. The van der Waals surface area contributed by atoms with Crippen LogP contribution >= 0.6 is 11.3 Å². The van der Waals surface area contributed by atoms with Gasteiger partial charge in [-0.25, -0.2) is 9.37 Å². The Hall–Kier alpha value is -1.49. The molecule has 18 heavy (non-hydrogen) atoms. The normalized spacial score (nSPS) is 10.7. The van der Waals surface area contributed by atoms with Crippen LogP contribution < -0.4 is 4.90 Å². The summed E-state index contributed by atoms with van der Waals surface area (Å²) in [7, 11) is 0. The van der Waals surface area contributed by atoms with Gasteiger partial charge in [-0.05, 0) is 26.0 Å². The minimum absolute atomic E-state index is 0.157. The quantitative estimate of drug-likeness (QED) is 0.839. The Morgan fingerprint density at radius 1 is 1.28 bits per heavy atom. The third-order valence-electron chi connectivity index (χ3n) is 2.80. The second kappa shape index (κ2) is 5.44. The van der Waals surface area contributed by atoms with Crippen molar-refractivity contribution >= 4 is 17.0 Å². The zero-order valence-corrected chi connectivity index (χ0v) is 11.0. The Balaban J connectivity index is 2.39. The number of thiazole rings is 1. The smallest absolute Gasteiger partial charge is 0.204 e. The molecule has 0 N–H and O–H groups in total. The van der Waals surface area contributed by atoms with Crippen LogP contribution in [0, 0.1) is 16.5 Å². The maximum Gasteiger partial charge on any atom is 0.204 e. The van der Waals surface area contributed by atoms with Crippen LogP contribution in [0.5, 0.6) is 0 Å². The van der Waals surface area contributed by atoms with Crippen molar-refractivity contribution in [1.29, 1.82) is 0 Å². The number of anilines is 1. The molecule has 2 aromatic rings. The van der Waals surface area contributed by atoms with Gasteiger partial charge < -0.3 is 4.90 Å². The molecule has 2 nitrogen and oxygen atoms in total. The van der Waals surface area contributed by atoms with Gasteiger partial charge in [0.05, 0.1) is 5.69 Å². The van der Waals surface area contributed by atoms with E-state index in [0.717, 1.165) is 24.4 Å². The van der Waals surface area contributed by atoms with Gasteiger partial charge in [-0.3, -0.25) is 0 Å². The zero-order chi connectivity index (χ0) is 13.1. The highest BCUT2D eigenvalue weighted by atomic mass is 32.1.